The second-order valence-corrected chi connectivity index (χ2v) is 9.92. The van der Waals surface area contributed by atoms with Crippen molar-refractivity contribution in [2.45, 2.75) is 52.3 Å². The first kappa shape index (κ1) is 25.4. The molecule has 4 radical (unpaired) electrons. The summed E-state index contributed by atoms with van der Waals surface area (Å²) in [5, 5.41) is 0. The van der Waals surface area contributed by atoms with Crippen molar-refractivity contribution in [2.75, 3.05) is 6.54 Å². The number of nitrogens with zero attached hydrogens (tertiary/aromatic N) is 2. The van der Waals surface area contributed by atoms with E-state index < -0.39 is 0 Å². The Labute approximate surface area is 202 Å². The van der Waals surface area contributed by atoms with E-state index in [0.29, 0.717) is 26.1 Å². The molecule has 0 spiro atoms. The summed E-state index contributed by atoms with van der Waals surface area (Å²) in [6, 6.07) is 13.6. The van der Waals surface area contributed by atoms with Crippen molar-refractivity contribution in [3.8, 4) is 0 Å². The highest BCUT2D eigenvalue weighted by Crippen LogP contribution is 2.42. The summed E-state index contributed by atoms with van der Waals surface area (Å²) in [5.41, 5.74) is 1.71. The maximum Gasteiger partial charge on any atom is 0.410 e. The maximum atomic E-state index is 13.1. The van der Waals surface area contributed by atoms with Crippen molar-refractivity contribution in [2.24, 2.45) is 11.3 Å². The van der Waals surface area contributed by atoms with Crippen LogP contribution < -0.4 is 0 Å². The van der Waals surface area contributed by atoms with Gasteiger partial charge in [-0.3, -0.25) is 4.98 Å². The lowest BCUT2D eigenvalue weighted by atomic mass is 9.77. The first-order valence-corrected chi connectivity index (χ1v) is 14.0. The number of amides is 1. The van der Waals surface area contributed by atoms with Crippen LogP contribution in [0.1, 0.15) is 31.4 Å². The molecule has 3 rings (SSSR count). The Hall–Kier alpha value is -2.27. The molecule has 1 fully saturated rings. The Kier molecular flexibility index (Phi) is 9.43. The molecule has 8 heteroatoms. The van der Waals surface area contributed by atoms with Crippen molar-refractivity contribution >= 4 is 31.7 Å². The minimum atomic E-state index is -0.308. The number of hydrogen-bond donors (Lipinski definition) is 0. The zero-order chi connectivity index (χ0) is 23.7. The molecule has 33 heavy (non-hydrogen) atoms. The van der Waals surface area contributed by atoms with Crippen molar-refractivity contribution in [1.29, 1.82) is 0 Å². The van der Waals surface area contributed by atoms with E-state index in [9.17, 15) is 4.79 Å². The molecule has 174 valence electrons. The third kappa shape index (κ3) is 6.86. The van der Waals surface area contributed by atoms with Crippen LogP contribution in [-0.4, -0.2) is 54.4 Å². The molecule has 1 amide bonds. The van der Waals surface area contributed by atoms with Gasteiger partial charge in [-0.2, -0.15) is 0 Å². The number of aromatic nitrogens is 1. The Bertz CT molecular complexity index is 890. The topological polar surface area (TPSA) is 60.9 Å². The van der Waals surface area contributed by atoms with E-state index in [1.807, 2.05) is 72.7 Å². The monoisotopic (exact) mass is 480 g/mol. The summed E-state index contributed by atoms with van der Waals surface area (Å²) in [6.45, 7) is 9.20. The Morgan fingerprint density at radius 1 is 1.18 bits per heavy atom. The van der Waals surface area contributed by atoms with Crippen molar-refractivity contribution in [1.82, 2.24) is 9.88 Å². The van der Waals surface area contributed by atoms with Gasteiger partial charge in [0.2, 0.25) is 19.5 Å². The van der Waals surface area contributed by atoms with Crippen LogP contribution in [0.15, 0.2) is 60.9 Å². The Balaban J connectivity index is 1.77. The molecule has 1 saturated heterocycles. The number of carbonyl (C=O) groups excluding carboxylic acids is 1. The fourth-order valence-electron chi connectivity index (χ4n) is 4.03. The molecule has 0 bridgehead atoms. The predicted molar refractivity (Wildman–Crippen MR) is 131 cm³/mol. The second kappa shape index (κ2) is 12.3. The van der Waals surface area contributed by atoms with E-state index in [0.717, 1.165) is 17.5 Å². The zero-order valence-corrected chi connectivity index (χ0v) is 21.7. The minimum absolute atomic E-state index is 0.0773. The van der Waals surface area contributed by atoms with Gasteiger partial charge in [-0.25, -0.2) is 4.79 Å². The number of carbonyl (C=O) groups is 1. The maximum absolute atomic E-state index is 13.1. The van der Waals surface area contributed by atoms with Crippen LogP contribution >= 0.6 is 0 Å². The first-order valence-electron chi connectivity index (χ1n) is 11.2. The summed E-state index contributed by atoms with van der Waals surface area (Å²) < 4.78 is 17.6. The van der Waals surface area contributed by atoms with Crippen LogP contribution in [-0.2, 0) is 20.2 Å². The predicted octanol–water partition coefficient (Wildman–Crippen LogP) is 4.84. The van der Waals surface area contributed by atoms with Gasteiger partial charge in [-0.15, -0.1) is 0 Å². The minimum Gasteiger partial charge on any atom is -0.445 e. The van der Waals surface area contributed by atoms with Crippen LogP contribution in [0.5, 0.6) is 0 Å². The molecule has 1 aliphatic heterocycles. The fourth-order valence-corrected chi connectivity index (χ4v) is 5.26. The van der Waals surface area contributed by atoms with Gasteiger partial charge in [0.1, 0.15) is 12.9 Å². The van der Waals surface area contributed by atoms with Gasteiger partial charge in [-0.1, -0.05) is 62.4 Å². The van der Waals surface area contributed by atoms with E-state index >= 15 is 0 Å². The lowest BCUT2D eigenvalue weighted by Gasteiger charge is -2.38. The molecule has 0 N–H and O–H groups in total. The molecule has 1 aliphatic rings. The summed E-state index contributed by atoms with van der Waals surface area (Å²) in [4.78, 5) is 19.1. The molecule has 0 saturated carbocycles. The third-order valence-electron chi connectivity index (χ3n) is 6.09. The fraction of sp³-hybridized carbons (Fsp3) is 0.440. The van der Waals surface area contributed by atoms with Crippen molar-refractivity contribution in [3.63, 3.8) is 0 Å². The standard InChI is InChI=1S/C25H32N2O4Si2/c1-25(2,23(30-32-3)31-33-4)21-15-22(13-12-19-11-8-14-26-16-19)27(17-21)24(28)29-18-20-9-6-5-7-10-20/h5-14,16,21-23H,15,17-18H2,1-4H3. The molecule has 2 heterocycles. The van der Waals surface area contributed by atoms with Crippen LogP contribution in [0.3, 0.4) is 0 Å². The largest absolute Gasteiger partial charge is 0.445 e. The molecule has 2 unspecified atom stereocenters. The molecule has 2 aromatic rings. The Morgan fingerprint density at radius 2 is 1.91 bits per heavy atom. The van der Waals surface area contributed by atoms with E-state index in [4.69, 9.17) is 13.6 Å². The van der Waals surface area contributed by atoms with Crippen LogP contribution in [0.25, 0.3) is 6.08 Å². The van der Waals surface area contributed by atoms with E-state index in [1.54, 1.807) is 6.20 Å². The SMILES string of the molecule is C[Si]OC(O[Si]C)C(C)(C)C1CC(C=Cc2cccnc2)N(C(=O)OCc2ccccc2)C1. The van der Waals surface area contributed by atoms with E-state index in [1.165, 1.54) is 0 Å². The van der Waals surface area contributed by atoms with Crippen molar-refractivity contribution < 1.29 is 18.4 Å². The molecule has 1 aromatic heterocycles. The second-order valence-electron chi connectivity index (χ2n) is 8.64. The van der Waals surface area contributed by atoms with Gasteiger partial charge in [0.05, 0.1) is 6.04 Å². The van der Waals surface area contributed by atoms with Gasteiger partial charge in [0.15, 0.2) is 0 Å². The lowest BCUT2D eigenvalue weighted by Crippen LogP contribution is -2.43. The smallest absolute Gasteiger partial charge is 0.410 e. The third-order valence-corrected chi connectivity index (χ3v) is 6.99. The number of rotatable bonds is 10. The van der Waals surface area contributed by atoms with Crippen LogP contribution in [0.4, 0.5) is 4.79 Å². The van der Waals surface area contributed by atoms with Crippen molar-refractivity contribution in [3.05, 3.63) is 72.1 Å². The van der Waals surface area contributed by atoms with E-state index in [-0.39, 0.29) is 36.4 Å². The van der Waals surface area contributed by atoms with Gasteiger partial charge in [-0.05, 0) is 42.6 Å². The van der Waals surface area contributed by atoms with E-state index in [2.05, 4.69) is 24.9 Å². The van der Waals surface area contributed by atoms with Gasteiger partial charge in [0, 0.05) is 24.4 Å². The van der Waals surface area contributed by atoms with Crippen LogP contribution in [0.2, 0.25) is 13.1 Å². The zero-order valence-electron chi connectivity index (χ0n) is 19.7. The average molecular weight is 481 g/mol. The van der Waals surface area contributed by atoms with Gasteiger partial charge in [0.25, 0.3) is 0 Å². The molecule has 6 nitrogen and oxygen atoms in total. The Morgan fingerprint density at radius 3 is 2.55 bits per heavy atom. The summed E-state index contributed by atoms with van der Waals surface area (Å²) in [5.74, 6) is 0.197. The molecular formula is C25H32N2O4Si2. The van der Waals surface area contributed by atoms with Crippen LogP contribution in [0, 0.1) is 11.3 Å². The molecular weight excluding hydrogens is 448 g/mol. The summed E-state index contributed by atoms with van der Waals surface area (Å²) in [6.07, 6.45) is 7.87. The number of likely N-dealkylation sites (tertiary alicyclic amines) is 1. The van der Waals surface area contributed by atoms with Gasteiger partial charge >= 0.3 is 6.09 Å². The first-order chi connectivity index (χ1) is 16.0. The highest BCUT2D eigenvalue weighted by Gasteiger charge is 2.46. The molecule has 1 aromatic carbocycles. The molecule has 2 atom stereocenters. The molecule has 0 aliphatic carbocycles. The highest BCUT2D eigenvalue weighted by molar-refractivity contribution is 6.26. The number of pyridine rings is 1. The highest BCUT2D eigenvalue weighted by atomic mass is 28.2. The summed E-state index contributed by atoms with van der Waals surface area (Å²) in [7, 11) is 0.678. The lowest BCUT2D eigenvalue weighted by molar-refractivity contribution is -0.102. The van der Waals surface area contributed by atoms with Gasteiger partial charge < -0.3 is 18.5 Å². The number of benzene rings is 1. The quantitative estimate of drug-likeness (QED) is 0.360. The summed E-state index contributed by atoms with van der Waals surface area (Å²) >= 11 is 0. The number of hydrogen-bond acceptors (Lipinski definition) is 5. The normalized spacial score (nSPS) is 18.9. The number of ether oxygens (including phenoxy) is 1. The average Bonchev–Trinajstić information content (AvgIpc) is 3.28.